The van der Waals surface area contributed by atoms with Crippen LogP contribution in [0.2, 0.25) is 0 Å². The number of amides is 2. The number of nitrogens with one attached hydrogen (secondary N) is 4. The fraction of sp³-hybridized carbons (Fsp3) is 0.304. The van der Waals surface area contributed by atoms with Crippen LogP contribution in [-0.4, -0.2) is 40.5 Å². The summed E-state index contributed by atoms with van der Waals surface area (Å²) in [6.45, 7) is 5.28. The number of pyridine rings is 1. The van der Waals surface area contributed by atoms with Crippen molar-refractivity contribution in [3.8, 4) is 0 Å². The van der Waals surface area contributed by atoms with Crippen LogP contribution in [-0.2, 0) is 14.3 Å². The molecule has 10 nitrogen and oxygen atoms in total. The van der Waals surface area contributed by atoms with Crippen LogP contribution in [0.4, 0.5) is 5.69 Å². The predicted molar refractivity (Wildman–Crippen MR) is 124 cm³/mol. The number of aromatic nitrogens is 2. The summed E-state index contributed by atoms with van der Waals surface area (Å²) < 4.78 is 6.05. The minimum Gasteiger partial charge on any atom is -0.465 e. The zero-order valence-corrected chi connectivity index (χ0v) is 18.7. The molecule has 0 fully saturated rings. The number of fused-ring (bicyclic) bond motifs is 1. The molecule has 2 heterocycles. The Morgan fingerprint density at radius 3 is 2.58 bits per heavy atom. The van der Waals surface area contributed by atoms with Crippen LogP contribution in [0.1, 0.15) is 37.3 Å². The molecular formula is C23H27N5O5. The summed E-state index contributed by atoms with van der Waals surface area (Å²) in [5.74, 6) is -1.75. The van der Waals surface area contributed by atoms with E-state index in [9.17, 15) is 19.2 Å². The van der Waals surface area contributed by atoms with Crippen molar-refractivity contribution in [2.75, 3.05) is 18.5 Å². The number of benzene rings is 1. The van der Waals surface area contributed by atoms with Gasteiger partial charge in [-0.3, -0.25) is 24.6 Å². The maximum absolute atomic E-state index is 13.1. The van der Waals surface area contributed by atoms with Crippen LogP contribution in [0.15, 0.2) is 53.5 Å². The Balaban J connectivity index is 1.77. The molecule has 1 atom stereocenters. The molecule has 0 spiro atoms. The molecule has 10 heteroatoms. The van der Waals surface area contributed by atoms with Gasteiger partial charge in [0.2, 0.25) is 0 Å². The zero-order valence-electron chi connectivity index (χ0n) is 18.7. The SMILES string of the molecule is CCOC(=O)CNNC(=O)C(C(C)C)n1cccc(NC(=O)c2cc3ccccc3[nH]2)c1=O. The Morgan fingerprint density at radius 1 is 1.12 bits per heavy atom. The summed E-state index contributed by atoms with van der Waals surface area (Å²) >= 11 is 0. The number of hydrogen-bond acceptors (Lipinski definition) is 6. The third-order valence-electron chi connectivity index (χ3n) is 4.95. The average molecular weight is 453 g/mol. The number of carbonyl (C=O) groups is 3. The maximum Gasteiger partial charge on any atom is 0.321 e. The summed E-state index contributed by atoms with van der Waals surface area (Å²) in [4.78, 5) is 53.0. The number of esters is 1. The van der Waals surface area contributed by atoms with Gasteiger partial charge in [0.05, 0.1) is 6.61 Å². The Bertz CT molecular complexity index is 1180. The van der Waals surface area contributed by atoms with E-state index in [-0.39, 0.29) is 24.8 Å². The van der Waals surface area contributed by atoms with Crippen molar-refractivity contribution in [1.82, 2.24) is 20.4 Å². The first-order valence-corrected chi connectivity index (χ1v) is 10.6. The van der Waals surface area contributed by atoms with Gasteiger partial charge in [0, 0.05) is 17.1 Å². The fourth-order valence-corrected chi connectivity index (χ4v) is 3.45. The van der Waals surface area contributed by atoms with Gasteiger partial charge in [-0.2, -0.15) is 0 Å². The van der Waals surface area contributed by atoms with Crippen molar-refractivity contribution in [1.29, 1.82) is 0 Å². The standard InChI is InChI=1S/C23H27N5O5/c1-4-33-19(29)13-24-27-22(31)20(14(2)3)28-11-7-10-17(23(28)32)26-21(30)18-12-15-8-5-6-9-16(15)25-18/h5-12,14,20,24-25H,4,13H2,1-3H3,(H,26,30)(H,27,31). The van der Waals surface area contributed by atoms with E-state index in [4.69, 9.17) is 4.74 Å². The first-order chi connectivity index (χ1) is 15.8. The van der Waals surface area contributed by atoms with Crippen molar-refractivity contribution in [3.63, 3.8) is 0 Å². The Hall–Kier alpha value is -3.92. The monoisotopic (exact) mass is 453 g/mol. The van der Waals surface area contributed by atoms with E-state index in [1.54, 1.807) is 32.9 Å². The number of aromatic amines is 1. The van der Waals surface area contributed by atoms with Crippen molar-refractivity contribution in [3.05, 3.63) is 64.7 Å². The molecule has 1 unspecified atom stereocenters. The molecule has 33 heavy (non-hydrogen) atoms. The number of anilines is 1. The summed E-state index contributed by atoms with van der Waals surface area (Å²) in [5, 5.41) is 3.50. The van der Waals surface area contributed by atoms with Gasteiger partial charge in [-0.15, -0.1) is 0 Å². The highest BCUT2D eigenvalue weighted by atomic mass is 16.5. The summed E-state index contributed by atoms with van der Waals surface area (Å²) in [7, 11) is 0. The number of rotatable bonds is 9. The Labute approximate surface area is 190 Å². The smallest absolute Gasteiger partial charge is 0.321 e. The van der Waals surface area contributed by atoms with E-state index in [2.05, 4.69) is 21.2 Å². The van der Waals surface area contributed by atoms with Crippen LogP contribution < -0.4 is 21.7 Å². The van der Waals surface area contributed by atoms with Gasteiger partial charge in [0.1, 0.15) is 24.0 Å². The van der Waals surface area contributed by atoms with E-state index in [1.807, 2.05) is 24.3 Å². The molecule has 0 radical (unpaired) electrons. The predicted octanol–water partition coefficient (Wildman–Crippen LogP) is 1.96. The molecule has 0 aliphatic carbocycles. The molecule has 1 aromatic carbocycles. The van der Waals surface area contributed by atoms with E-state index < -0.39 is 29.4 Å². The summed E-state index contributed by atoms with van der Waals surface area (Å²) in [5.41, 5.74) is 5.58. The molecule has 0 aliphatic rings. The molecular weight excluding hydrogens is 426 g/mol. The first-order valence-electron chi connectivity index (χ1n) is 10.6. The second kappa shape index (κ2) is 10.6. The number of hydrogen-bond donors (Lipinski definition) is 4. The minimum atomic E-state index is -0.878. The number of hydrazine groups is 1. The number of carbonyl (C=O) groups excluding carboxylic acids is 3. The molecule has 3 rings (SSSR count). The van der Waals surface area contributed by atoms with E-state index >= 15 is 0 Å². The van der Waals surface area contributed by atoms with Crippen LogP contribution >= 0.6 is 0 Å². The number of ether oxygens (including phenoxy) is 1. The van der Waals surface area contributed by atoms with Gasteiger partial charge in [0.25, 0.3) is 17.4 Å². The molecule has 0 aliphatic heterocycles. The molecule has 0 saturated heterocycles. The Morgan fingerprint density at radius 2 is 1.88 bits per heavy atom. The third-order valence-corrected chi connectivity index (χ3v) is 4.95. The van der Waals surface area contributed by atoms with Gasteiger partial charge in [0.15, 0.2) is 0 Å². The maximum atomic E-state index is 13.1. The van der Waals surface area contributed by atoms with E-state index in [1.165, 1.54) is 16.8 Å². The fourth-order valence-electron chi connectivity index (χ4n) is 3.45. The number of nitrogens with zero attached hydrogens (tertiary/aromatic N) is 1. The second-order valence-electron chi connectivity index (χ2n) is 7.70. The minimum absolute atomic E-state index is 0.0408. The highest BCUT2D eigenvalue weighted by Crippen LogP contribution is 2.18. The average Bonchev–Trinajstić information content (AvgIpc) is 3.21. The number of H-pyrrole nitrogens is 1. The van der Waals surface area contributed by atoms with Crippen LogP contribution in [0.3, 0.4) is 0 Å². The third kappa shape index (κ3) is 5.66. The van der Waals surface area contributed by atoms with Gasteiger partial charge in [-0.25, -0.2) is 5.43 Å². The summed E-state index contributed by atoms with van der Waals surface area (Å²) in [6.07, 6.45) is 1.48. The number of para-hydroxylation sites is 1. The van der Waals surface area contributed by atoms with Crippen molar-refractivity contribution in [2.24, 2.45) is 5.92 Å². The first kappa shape index (κ1) is 23.7. The normalized spacial score (nSPS) is 11.9. The molecule has 0 bridgehead atoms. The highest BCUT2D eigenvalue weighted by molar-refractivity contribution is 6.05. The zero-order chi connectivity index (χ0) is 24.0. The molecule has 4 N–H and O–H groups in total. The highest BCUT2D eigenvalue weighted by Gasteiger charge is 2.26. The lowest BCUT2D eigenvalue weighted by Gasteiger charge is -2.23. The topological polar surface area (TPSA) is 134 Å². The van der Waals surface area contributed by atoms with Crippen molar-refractivity contribution >= 4 is 34.4 Å². The molecule has 3 aromatic rings. The largest absolute Gasteiger partial charge is 0.465 e. The van der Waals surface area contributed by atoms with E-state index in [0.717, 1.165) is 10.9 Å². The van der Waals surface area contributed by atoms with Gasteiger partial charge in [-0.05, 0) is 37.1 Å². The van der Waals surface area contributed by atoms with Crippen molar-refractivity contribution < 1.29 is 19.1 Å². The van der Waals surface area contributed by atoms with Gasteiger partial charge in [-0.1, -0.05) is 32.0 Å². The Kier molecular flexibility index (Phi) is 7.62. The van der Waals surface area contributed by atoms with Gasteiger partial charge >= 0.3 is 5.97 Å². The van der Waals surface area contributed by atoms with Crippen molar-refractivity contribution in [2.45, 2.75) is 26.8 Å². The molecule has 0 saturated carbocycles. The van der Waals surface area contributed by atoms with Crippen LogP contribution in [0.25, 0.3) is 10.9 Å². The van der Waals surface area contributed by atoms with Crippen LogP contribution in [0.5, 0.6) is 0 Å². The lowest BCUT2D eigenvalue weighted by atomic mass is 10.0. The van der Waals surface area contributed by atoms with E-state index in [0.29, 0.717) is 5.69 Å². The summed E-state index contributed by atoms with van der Waals surface area (Å²) in [6, 6.07) is 11.3. The lowest BCUT2D eigenvalue weighted by Crippen LogP contribution is -2.47. The second-order valence-corrected chi connectivity index (χ2v) is 7.70. The molecule has 2 aromatic heterocycles. The molecule has 2 amide bonds. The quantitative estimate of drug-likeness (QED) is 0.289. The van der Waals surface area contributed by atoms with Crippen LogP contribution in [0, 0.1) is 5.92 Å². The van der Waals surface area contributed by atoms with Gasteiger partial charge < -0.3 is 19.6 Å². The lowest BCUT2D eigenvalue weighted by molar-refractivity contribution is -0.142. The molecule has 174 valence electrons.